The smallest absolute Gasteiger partial charge is 0.0346 e. The molecule has 96 valence electrons. The van der Waals surface area contributed by atoms with Crippen LogP contribution in [0.5, 0.6) is 0 Å². The second-order valence-corrected chi connectivity index (χ2v) is 5.09. The van der Waals surface area contributed by atoms with E-state index in [1.807, 2.05) is 0 Å². The van der Waals surface area contributed by atoms with Crippen molar-refractivity contribution in [2.24, 2.45) is 28.7 Å². The second-order valence-electron chi connectivity index (χ2n) is 5.09. The predicted molar refractivity (Wildman–Crippen MR) is 67.6 cm³/mol. The zero-order valence-corrected chi connectivity index (χ0v) is 10.0. The summed E-state index contributed by atoms with van der Waals surface area (Å²) in [6.45, 7) is 0. The first-order valence-electron chi connectivity index (χ1n) is 6.30. The third-order valence-corrected chi connectivity index (χ3v) is 3.70. The Labute approximate surface area is 98.1 Å². The molecule has 0 aromatic carbocycles. The molecule has 0 aliphatic heterocycles. The third-order valence-electron chi connectivity index (χ3n) is 3.70. The van der Waals surface area contributed by atoms with Gasteiger partial charge in [0.1, 0.15) is 0 Å². The molecule has 2 aliphatic carbocycles. The Morgan fingerprint density at radius 3 is 1.06 bits per heavy atom. The van der Waals surface area contributed by atoms with Gasteiger partial charge >= 0.3 is 0 Å². The summed E-state index contributed by atoms with van der Waals surface area (Å²) >= 11 is 0. The van der Waals surface area contributed by atoms with Crippen LogP contribution in [-0.2, 0) is 0 Å². The van der Waals surface area contributed by atoms with E-state index in [1.165, 1.54) is 12.8 Å². The molecule has 0 spiro atoms. The second kappa shape index (κ2) is 6.51. The fourth-order valence-electron chi connectivity index (χ4n) is 2.28. The molecule has 5 nitrogen and oxygen atoms in total. The SMILES string of the molecule is NC1CCC(N)C1N.NC1CCCCC1N. The number of rotatable bonds is 0. The molecule has 2 fully saturated rings. The summed E-state index contributed by atoms with van der Waals surface area (Å²) in [5, 5.41) is 0. The molecule has 16 heavy (non-hydrogen) atoms. The Hall–Kier alpha value is -0.200. The van der Waals surface area contributed by atoms with Crippen LogP contribution in [-0.4, -0.2) is 30.2 Å². The van der Waals surface area contributed by atoms with Crippen LogP contribution in [0.15, 0.2) is 0 Å². The molecule has 0 radical (unpaired) electrons. The summed E-state index contributed by atoms with van der Waals surface area (Å²) in [6.07, 6.45) is 6.77. The van der Waals surface area contributed by atoms with Crippen LogP contribution in [0.3, 0.4) is 0 Å². The molecule has 0 bridgehead atoms. The van der Waals surface area contributed by atoms with Crippen molar-refractivity contribution in [3.63, 3.8) is 0 Å². The van der Waals surface area contributed by atoms with Crippen LogP contribution in [0.1, 0.15) is 38.5 Å². The highest BCUT2D eigenvalue weighted by molar-refractivity contribution is 4.92. The van der Waals surface area contributed by atoms with Gasteiger partial charge in [0.15, 0.2) is 0 Å². The average Bonchev–Trinajstić information content (AvgIpc) is 2.55. The standard InChI is InChI=1S/C6H14N2.C5H13N3/c7-5-3-1-2-4-6(5)8;6-3-1-2-4(7)5(3)8/h5-6H,1-4,7-8H2;3-5H,1-2,6-8H2. The average molecular weight is 229 g/mol. The van der Waals surface area contributed by atoms with E-state index in [0.29, 0.717) is 0 Å². The van der Waals surface area contributed by atoms with E-state index in [1.54, 1.807) is 0 Å². The molecule has 0 aromatic heterocycles. The van der Waals surface area contributed by atoms with Crippen molar-refractivity contribution in [2.75, 3.05) is 0 Å². The molecule has 4 unspecified atom stereocenters. The quantitative estimate of drug-likeness (QED) is 0.363. The molecular formula is C11H27N5. The highest BCUT2D eigenvalue weighted by atomic mass is 14.9. The molecule has 5 heteroatoms. The van der Waals surface area contributed by atoms with Crippen LogP contribution >= 0.6 is 0 Å². The predicted octanol–water partition coefficient (Wildman–Crippen LogP) is -1.02. The fraction of sp³-hybridized carbons (Fsp3) is 1.00. The van der Waals surface area contributed by atoms with Crippen molar-refractivity contribution >= 4 is 0 Å². The van der Waals surface area contributed by atoms with Gasteiger partial charge in [-0.1, -0.05) is 12.8 Å². The van der Waals surface area contributed by atoms with Gasteiger partial charge in [-0.25, -0.2) is 0 Å². The van der Waals surface area contributed by atoms with Gasteiger partial charge in [0, 0.05) is 30.2 Å². The highest BCUT2D eigenvalue weighted by Gasteiger charge is 2.27. The molecule has 4 atom stereocenters. The summed E-state index contributed by atoms with van der Waals surface area (Å²) < 4.78 is 0. The zero-order valence-electron chi connectivity index (χ0n) is 10.0. The maximum absolute atomic E-state index is 5.65. The van der Waals surface area contributed by atoms with Crippen molar-refractivity contribution in [1.29, 1.82) is 0 Å². The van der Waals surface area contributed by atoms with Crippen molar-refractivity contribution < 1.29 is 0 Å². The van der Waals surface area contributed by atoms with Gasteiger partial charge in [0.05, 0.1) is 0 Å². The topological polar surface area (TPSA) is 130 Å². The maximum Gasteiger partial charge on any atom is 0.0346 e. The van der Waals surface area contributed by atoms with E-state index in [-0.39, 0.29) is 30.2 Å². The van der Waals surface area contributed by atoms with Crippen LogP contribution in [0.4, 0.5) is 0 Å². The minimum absolute atomic E-state index is 0.0370. The minimum Gasteiger partial charge on any atom is -0.326 e. The maximum atomic E-state index is 5.65. The largest absolute Gasteiger partial charge is 0.326 e. The molecule has 2 saturated carbocycles. The molecule has 2 aliphatic rings. The van der Waals surface area contributed by atoms with E-state index in [9.17, 15) is 0 Å². The van der Waals surface area contributed by atoms with Gasteiger partial charge in [-0.05, 0) is 25.7 Å². The number of hydrogen-bond acceptors (Lipinski definition) is 5. The van der Waals surface area contributed by atoms with Crippen molar-refractivity contribution in [3.05, 3.63) is 0 Å². The van der Waals surface area contributed by atoms with Gasteiger partial charge < -0.3 is 28.7 Å². The van der Waals surface area contributed by atoms with Crippen LogP contribution in [0, 0.1) is 0 Å². The summed E-state index contributed by atoms with van der Waals surface area (Å²) in [7, 11) is 0. The number of hydrogen-bond donors (Lipinski definition) is 5. The molecule has 2 rings (SSSR count). The molecule has 0 aromatic rings. The van der Waals surface area contributed by atoms with Gasteiger partial charge in [-0.3, -0.25) is 0 Å². The van der Waals surface area contributed by atoms with E-state index >= 15 is 0 Å². The number of nitrogens with two attached hydrogens (primary N) is 5. The van der Waals surface area contributed by atoms with Crippen molar-refractivity contribution in [1.82, 2.24) is 0 Å². The summed E-state index contributed by atoms with van der Waals surface area (Å²) in [5.74, 6) is 0. The first kappa shape index (κ1) is 13.9. The summed E-state index contributed by atoms with van der Waals surface area (Å²) in [4.78, 5) is 0. The van der Waals surface area contributed by atoms with Crippen molar-refractivity contribution in [3.8, 4) is 0 Å². The van der Waals surface area contributed by atoms with Crippen LogP contribution < -0.4 is 28.7 Å². The molecule has 0 amide bonds. The molecule has 10 N–H and O–H groups in total. The minimum atomic E-state index is 0.0370. The van der Waals surface area contributed by atoms with Gasteiger partial charge in [-0.15, -0.1) is 0 Å². The van der Waals surface area contributed by atoms with E-state index in [2.05, 4.69) is 0 Å². The van der Waals surface area contributed by atoms with Gasteiger partial charge in [0.2, 0.25) is 0 Å². The third kappa shape index (κ3) is 3.99. The van der Waals surface area contributed by atoms with E-state index < -0.39 is 0 Å². The lowest BCUT2D eigenvalue weighted by molar-refractivity contribution is 0.385. The van der Waals surface area contributed by atoms with E-state index in [0.717, 1.165) is 25.7 Å². The molecule has 0 heterocycles. The lowest BCUT2D eigenvalue weighted by atomic mass is 9.92. The Bertz CT molecular complexity index is 175. The first-order valence-corrected chi connectivity index (χ1v) is 6.30. The van der Waals surface area contributed by atoms with Crippen molar-refractivity contribution in [2.45, 2.75) is 68.7 Å². The molecule has 0 saturated heterocycles. The first-order chi connectivity index (χ1) is 7.52. The Kier molecular flexibility index (Phi) is 5.64. The Morgan fingerprint density at radius 2 is 0.875 bits per heavy atom. The highest BCUT2D eigenvalue weighted by Crippen LogP contribution is 2.14. The van der Waals surface area contributed by atoms with Crippen LogP contribution in [0.2, 0.25) is 0 Å². The lowest BCUT2D eigenvalue weighted by Crippen LogP contribution is -2.46. The zero-order chi connectivity index (χ0) is 12.1. The monoisotopic (exact) mass is 229 g/mol. The normalized spacial score (nSPS) is 43.7. The van der Waals surface area contributed by atoms with Gasteiger partial charge in [-0.2, -0.15) is 0 Å². The van der Waals surface area contributed by atoms with Crippen LogP contribution in [0.25, 0.3) is 0 Å². The summed E-state index contributed by atoms with van der Waals surface area (Å²) in [5.41, 5.74) is 28.0. The summed E-state index contributed by atoms with van der Waals surface area (Å²) in [6, 6.07) is 0.887. The lowest BCUT2D eigenvalue weighted by Gasteiger charge is -2.24. The van der Waals surface area contributed by atoms with Gasteiger partial charge in [0.25, 0.3) is 0 Å². The Balaban J connectivity index is 0.000000160. The van der Waals surface area contributed by atoms with E-state index in [4.69, 9.17) is 28.7 Å². The molecular weight excluding hydrogens is 202 g/mol. The fourth-order valence-corrected chi connectivity index (χ4v) is 2.28. The Morgan fingerprint density at radius 1 is 0.500 bits per heavy atom.